The van der Waals surface area contributed by atoms with Crippen molar-refractivity contribution in [2.75, 3.05) is 0 Å². The van der Waals surface area contributed by atoms with Crippen LogP contribution in [0.15, 0.2) is 36.5 Å². The summed E-state index contributed by atoms with van der Waals surface area (Å²) in [5.41, 5.74) is 2.73. The molecule has 2 aromatic heterocycles. The fourth-order valence-corrected chi connectivity index (χ4v) is 2.02. The van der Waals surface area contributed by atoms with Crippen molar-refractivity contribution in [1.82, 2.24) is 14.6 Å². The number of aryl methyl sites for hydroxylation is 1. The highest BCUT2D eigenvalue weighted by molar-refractivity contribution is 5.63. The second kappa shape index (κ2) is 4.18. The molecule has 0 bridgehead atoms. The second-order valence-electron chi connectivity index (χ2n) is 4.24. The van der Waals surface area contributed by atoms with Crippen molar-refractivity contribution >= 4 is 5.65 Å². The molecule has 0 saturated carbocycles. The molecule has 0 aliphatic heterocycles. The topological polar surface area (TPSA) is 54.0 Å². The first kappa shape index (κ1) is 11.4. The van der Waals surface area contributed by atoms with Gasteiger partial charge in [-0.25, -0.2) is 4.39 Å². The molecule has 0 amide bonds. The maximum absolute atomic E-state index is 13.1. The summed E-state index contributed by atoms with van der Waals surface area (Å²) in [5, 5.41) is 17.0. The van der Waals surface area contributed by atoms with Crippen LogP contribution in [0.3, 0.4) is 0 Å². The second-order valence-corrected chi connectivity index (χ2v) is 4.24. The van der Waals surface area contributed by atoms with E-state index in [9.17, 15) is 4.39 Å². The van der Waals surface area contributed by atoms with Gasteiger partial charge >= 0.3 is 0 Å². The lowest BCUT2D eigenvalue weighted by atomic mass is 10.1. The quantitative estimate of drug-likeness (QED) is 0.669. The van der Waals surface area contributed by atoms with Crippen LogP contribution in [0, 0.1) is 24.1 Å². The molecule has 2 heterocycles. The first-order chi connectivity index (χ1) is 9.19. The minimum absolute atomic E-state index is 0.276. The van der Waals surface area contributed by atoms with Crippen molar-refractivity contribution in [3.8, 4) is 17.5 Å². The third-order valence-electron chi connectivity index (χ3n) is 2.97. The van der Waals surface area contributed by atoms with Crippen LogP contribution in [-0.4, -0.2) is 14.6 Å². The monoisotopic (exact) mass is 252 g/mol. The van der Waals surface area contributed by atoms with E-state index in [1.165, 1.54) is 12.1 Å². The Kier molecular flexibility index (Phi) is 2.50. The van der Waals surface area contributed by atoms with Crippen LogP contribution in [-0.2, 0) is 0 Å². The summed E-state index contributed by atoms with van der Waals surface area (Å²) < 4.78 is 14.9. The van der Waals surface area contributed by atoms with E-state index in [0.717, 1.165) is 11.1 Å². The molecule has 3 rings (SSSR count). The molecule has 0 radical (unpaired) electrons. The molecule has 0 aliphatic rings. The largest absolute Gasteiger partial charge is 0.282 e. The molecule has 0 saturated heterocycles. The molecule has 0 N–H and O–H groups in total. The Bertz CT molecular complexity index is 814. The number of nitrogens with zero attached hydrogens (tertiary/aromatic N) is 4. The average Bonchev–Trinajstić information content (AvgIpc) is 2.81. The third-order valence-corrected chi connectivity index (χ3v) is 2.97. The summed E-state index contributed by atoms with van der Waals surface area (Å²) >= 11 is 0. The number of pyridine rings is 1. The number of hydrogen-bond donors (Lipinski definition) is 0. The molecular weight excluding hydrogens is 243 g/mol. The molecule has 4 nitrogen and oxygen atoms in total. The van der Waals surface area contributed by atoms with Crippen molar-refractivity contribution < 1.29 is 4.39 Å². The molecule has 92 valence electrons. The number of aromatic nitrogens is 3. The van der Waals surface area contributed by atoms with Gasteiger partial charge in [0, 0.05) is 17.8 Å². The van der Waals surface area contributed by atoms with Crippen LogP contribution < -0.4 is 0 Å². The lowest BCUT2D eigenvalue weighted by Gasteiger charge is -2.04. The van der Waals surface area contributed by atoms with Gasteiger partial charge in [0.2, 0.25) is 0 Å². The van der Waals surface area contributed by atoms with Crippen LogP contribution in [0.2, 0.25) is 0 Å². The van der Waals surface area contributed by atoms with Crippen LogP contribution in [0.4, 0.5) is 4.39 Å². The standard InChI is InChI=1S/C14H9FN4/c1-9-6-11(15)2-3-12(9)14-18-17-13-7-10(8-16)4-5-19(13)14/h2-7H,1H3. The highest BCUT2D eigenvalue weighted by Crippen LogP contribution is 2.23. The molecular formula is C14H9FN4. The van der Waals surface area contributed by atoms with Crippen LogP contribution in [0.25, 0.3) is 17.0 Å². The summed E-state index contributed by atoms with van der Waals surface area (Å²) in [4.78, 5) is 0. The first-order valence-corrected chi connectivity index (χ1v) is 5.70. The summed E-state index contributed by atoms with van der Waals surface area (Å²) in [6.07, 6.45) is 1.74. The van der Waals surface area contributed by atoms with Gasteiger partial charge in [-0.15, -0.1) is 10.2 Å². The number of rotatable bonds is 1. The normalized spacial score (nSPS) is 10.6. The molecule has 0 fully saturated rings. The summed E-state index contributed by atoms with van der Waals surface area (Å²) in [6, 6.07) is 9.95. The van der Waals surface area contributed by atoms with Crippen molar-refractivity contribution in [3.05, 3.63) is 53.5 Å². The zero-order valence-electron chi connectivity index (χ0n) is 10.1. The Morgan fingerprint density at radius 1 is 1.21 bits per heavy atom. The number of hydrogen-bond acceptors (Lipinski definition) is 3. The van der Waals surface area contributed by atoms with Gasteiger partial charge < -0.3 is 0 Å². The van der Waals surface area contributed by atoms with Crippen LogP contribution >= 0.6 is 0 Å². The molecule has 5 heteroatoms. The highest BCUT2D eigenvalue weighted by atomic mass is 19.1. The Morgan fingerprint density at radius 3 is 2.79 bits per heavy atom. The molecule has 0 aliphatic carbocycles. The number of benzene rings is 1. The van der Waals surface area contributed by atoms with Crippen molar-refractivity contribution in [1.29, 1.82) is 5.26 Å². The van der Waals surface area contributed by atoms with Gasteiger partial charge in [0.25, 0.3) is 0 Å². The lowest BCUT2D eigenvalue weighted by Crippen LogP contribution is -1.92. The predicted molar refractivity (Wildman–Crippen MR) is 67.8 cm³/mol. The van der Waals surface area contributed by atoms with Crippen LogP contribution in [0.5, 0.6) is 0 Å². The van der Waals surface area contributed by atoms with E-state index < -0.39 is 0 Å². The van der Waals surface area contributed by atoms with Crippen LogP contribution in [0.1, 0.15) is 11.1 Å². The predicted octanol–water partition coefficient (Wildman–Crippen LogP) is 2.72. The van der Waals surface area contributed by atoms with Gasteiger partial charge in [0.1, 0.15) is 5.82 Å². The summed E-state index contributed by atoms with van der Waals surface area (Å²) in [5.74, 6) is 0.360. The Hall–Kier alpha value is -2.74. The zero-order chi connectivity index (χ0) is 13.4. The molecule has 0 spiro atoms. The van der Waals surface area contributed by atoms with E-state index in [2.05, 4.69) is 16.3 Å². The van der Waals surface area contributed by atoms with E-state index in [-0.39, 0.29) is 5.82 Å². The van der Waals surface area contributed by atoms with Gasteiger partial charge in [-0.3, -0.25) is 4.40 Å². The lowest BCUT2D eigenvalue weighted by molar-refractivity contribution is 0.627. The van der Waals surface area contributed by atoms with Crippen molar-refractivity contribution in [3.63, 3.8) is 0 Å². The SMILES string of the molecule is Cc1cc(F)ccc1-c1nnc2cc(C#N)ccn12. The Labute approximate surface area is 108 Å². The smallest absolute Gasteiger partial charge is 0.168 e. The number of halogens is 1. The average molecular weight is 252 g/mol. The maximum Gasteiger partial charge on any atom is 0.168 e. The number of fused-ring (bicyclic) bond motifs is 1. The van der Waals surface area contributed by atoms with E-state index in [0.29, 0.717) is 17.0 Å². The number of nitriles is 1. The van der Waals surface area contributed by atoms with E-state index in [1.54, 1.807) is 28.8 Å². The molecule has 19 heavy (non-hydrogen) atoms. The van der Waals surface area contributed by atoms with Crippen molar-refractivity contribution in [2.45, 2.75) is 6.92 Å². The van der Waals surface area contributed by atoms with Gasteiger partial charge in [0.05, 0.1) is 11.6 Å². The first-order valence-electron chi connectivity index (χ1n) is 5.70. The van der Waals surface area contributed by atoms with Gasteiger partial charge in [-0.05, 0) is 36.8 Å². The highest BCUT2D eigenvalue weighted by Gasteiger charge is 2.11. The molecule has 0 atom stereocenters. The molecule has 3 aromatic rings. The Balaban J connectivity index is 2.23. The summed E-state index contributed by atoms with van der Waals surface area (Å²) in [6.45, 7) is 1.82. The third kappa shape index (κ3) is 1.83. The van der Waals surface area contributed by atoms with E-state index in [4.69, 9.17) is 5.26 Å². The van der Waals surface area contributed by atoms with Gasteiger partial charge in [-0.1, -0.05) is 0 Å². The van der Waals surface area contributed by atoms with E-state index >= 15 is 0 Å². The summed E-state index contributed by atoms with van der Waals surface area (Å²) in [7, 11) is 0. The maximum atomic E-state index is 13.1. The van der Waals surface area contributed by atoms with Gasteiger partial charge in [-0.2, -0.15) is 5.26 Å². The van der Waals surface area contributed by atoms with Gasteiger partial charge in [0.15, 0.2) is 11.5 Å². The zero-order valence-corrected chi connectivity index (χ0v) is 10.1. The van der Waals surface area contributed by atoms with Crippen molar-refractivity contribution in [2.24, 2.45) is 0 Å². The fourth-order valence-electron chi connectivity index (χ4n) is 2.02. The fraction of sp³-hybridized carbons (Fsp3) is 0.0714. The van der Waals surface area contributed by atoms with E-state index in [1.807, 2.05) is 6.92 Å². The Morgan fingerprint density at radius 2 is 2.05 bits per heavy atom. The molecule has 1 aromatic carbocycles. The minimum Gasteiger partial charge on any atom is -0.282 e. The molecule has 0 unspecified atom stereocenters. The minimum atomic E-state index is -0.276.